The number of amides is 1. The first-order valence-corrected chi connectivity index (χ1v) is 9.30. The molecule has 2 aliphatic heterocycles. The van der Waals surface area contributed by atoms with E-state index in [0.717, 1.165) is 18.9 Å². The summed E-state index contributed by atoms with van der Waals surface area (Å²) in [4.78, 5) is 20.8. The highest BCUT2D eigenvalue weighted by Crippen LogP contribution is 2.33. The van der Waals surface area contributed by atoms with Gasteiger partial charge >= 0.3 is 0 Å². The second kappa shape index (κ2) is 6.84. The van der Waals surface area contributed by atoms with Crippen LogP contribution in [0.4, 0.5) is 13.9 Å². The molecule has 1 amide bonds. The van der Waals surface area contributed by atoms with E-state index in [4.69, 9.17) is 4.74 Å². The minimum absolute atomic E-state index is 0.0258. The van der Waals surface area contributed by atoms with Crippen molar-refractivity contribution in [1.29, 1.82) is 0 Å². The van der Waals surface area contributed by atoms with E-state index in [0.29, 0.717) is 49.2 Å². The van der Waals surface area contributed by atoms with Crippen molar-refractivity contribution in [2.24, 2.45) is 5.92 Å². The van der Waals surface area contributed by atoms with Crippen molar-refractivity contribution < 1.29 is 18.3 Å². The van der Waals surface area contributed by atoms with E-state index in [1.165, 1.54) is 17.4 Å². The molecule has 0 N–H and O–H groups in total. The Balaban J connectivity index is 1.43. The van der Waals surface area contributed by atoms with E-state index in [-0.39, 0.29) is 17.3 Å². The lowest BCUT2D eigenvalue weighted by molar-refractivity contribution is -0.140. The Bertz CT molecular complexity index is 784. The van der Waals surface area contributed by atoms with Gasteiger partial charge in [0.15, 0.2) is 10.9 Å². The molecule has 0 spiro atoms. The summed E-state index contributed by atoms with van der Waals surface area (Å²) in [5.41, 5.74) is 0.216. The number of fused-ring (bicyclic) bond motifs is 1. The maximum Gasteiger partial charge on any atom is 0.225 e. The smallest absolute Gasteiger partial charge is 0.225 e. The number of carbonyl (C=O) groups is 1. The predicted molar refractivity (Wildman–Crippen MR) is 91.9 cm³/mol. The largest absolute Gasteiger partial charge is 0.378 e. The summed E-state index contributed by atoms with van der Waals surface area (Å²) in [5.74, 6) is -0.983. The molecule has 0 aliphatic carbocycles. The van der Waals surface area contributed by atoms with E-state index in [2.05, 4.69) is 9.88 Å². The molecule has 0 radical (unpaired) electrons. The number of anilines is 1. The molecule has 3 heterocycles. The van der Waals surface area contributed by atoms with Gasteiger partial charge in [0.25, 0.3) is 0 Å². The van der Waals surface area contributed by atoms with Crippen molar-refractivity contribution in [2.45, 2.75) is 12.8 Å². The first kappa shape index (κ1) is 16.7. The Kier molecular flexibility index (Phi) is 4.56. The zero-order valence-electron chi connectivity index (χ0n) is 13.7. The van der Waals surface area contributed by atoms with Crippen LogP contribution in [0.15, 0.2) is 12.1 Å². The van der Waals surface area contributed by atoms with Gasteiger partial charge in [-0.1, -0.05) is 11.3 Å². The molecule has 8 heteroatoms. The lowest BCUT2D eigenvalue weighted by atomic mass is 9.95. The van der Waals surface area contributed by atoms with E-state index in [9.17, 15) is 13.6 Å². The van der Waals surface area contributed by atoms with Crippen LogP contribution in [-0.2, 0) is 9.53 Å². The molecule has 25 heavy (non-hydrogen) atoms. The third-order valence-corrected chi connectivity index (χ3v) is 5.90. The molecule has 0 bridgehead atoms. The van der Waals surface area contributed by atoms with Gasteiger partial charge in [0.1, 0.15) is 11.3 Å². The van der Waals surface area contributed by atoms with Crippen molar-refractivity contribution >= 4 is 32.6 Å². The molecule has 5 nitrogen and oxygen atoms in total. The average Bonchev–Trinajstić information content (AvgIpc) is 3.06. The minimum Gasteiger partial charge on any atom is -0.378 e. The van der Waals surface area contributed by atoms with E-state index >= 15 is 0 Å². The molecule has 134 valence electrons. The number of morpholine rings is 1. The summed E-state index contributed by atoms with van der Waals surface area (Å²) in [5, 5.41) is 0.691. The number of benzene rings is 1. The number of hydrogen-bond donors (Lipinski definition) is 0. The maximum atomic E-state index is 13.8. The average molecular weight is 367 g/mol. The van der Waals surface area contributed by atoms with Crippen LogP contribution in [0.1, 0.15) is 12.8 Å². The molecule has 2 aliphatic rings. The van der Waals surface area contributed by atoms with Crippen molar-refractivity contribution in [3.63, 3.8) is 0 Å². The van der Waals surface area contributed by atoms with Crippen LogP contribution in [0.25, 0.3) is 10.2 Å². The lowest BCUT2D eigenvalue weighted by Crippen LogP contribution is -2.46. The second-order valence-corrected chi connectivity index (χ2v) is 7.44. The molecule has 2 aromatic rings. The fourth-order valence-electron chi connectivity index (χ4n) is 3.44. The number of hydrogen-bond acceptors (Lipinski definition) is 5. The van der Waals surface area contributed by atoms with Crippen LogP contribution in [0.2, 0.25) is 0 Å². The number of piperidine rings is 1. The van der Waals surface area contributed by atoms with Gasteiger partial charge < -0.3 is 14.5 Å². The van der Waals surface area contributed by atoms with Crippen molar-refractivity contribution in [1.82, 2.24) is 9.88 Å². The normalized spacial score (nSPS) is 19.6. The third kappa shape index (κ3) is 3.32. The van der Waals surface area contributed by atoms with Crippen LogP contribution >= 0.6 is 11.3 Å². The number of aromatic nitrogens is 1. The SMILES string of the molecule is O=C(C1CCN(c2nc3c(F)cc(F)cc3s2)CC1)N1CCOCC1. The summed E-state index contributed by atoms with van der Waals surface area (Å²) in [6, 6.07) is 2.17. The molecule has 0 saturated carbocycles. The van der Waals surface area contributed by atoms with Crippen LogP contribution in [0, 0.1) is 17.6 Å². The molecule has 1 aromatic carbocycles. The zero-order valence-corrected chi connectivity index (χ0v) is 14.5. The van der Waals surface area contributed by atoms with Crippen LogP contribution in [0.5, 0.6) is 0 Å². The first-order chi connectivity index (χ1) is 12.1. The monoisotopic (exact) mass is 367 g/mol. The molecular formula is C17H19F2N3O2S. The number of carbonyl (C=O) groups excluding carboxylic acids is 1. The third-order valence-electron chi connectivity index (χ3n) is 4.84. The summed E-state index contributed by atoms with van der Waals surface area (Å²) >= 11 is 1.29. The van der Waals surface area contributed by atoms with Gasteiger partial charge in [-0.3, -0.25) is 4.79 Å². The molecule has 2 saturated heterocycles. The zero-order chi connectivity index (χ0) is 17.4. The summed E-state index contributed by atoms with van der Waals surface area (Å²) in [7, 11) is 0. The number of rotatable bonds is 2. The summed E-state index contributed by atoms with van der Waals surface area (Å²) in [6.45, 7) is 3.95. The van der Waals surface area contributed by atoms with Crippen molar-refractivity contribution in [3.8, 4) is 0 Å². The van der Waals surface area contributed by atoms with Gasteiger partial charge in [-0.05, 0) is 18.9 Å². The first-order valence-electron chi connectivity index (χ1n) is 8.49. The highest BCUT2D eigenvalue weighted by atomic mass is 32.1. The standard InChI is InChI=1S/C17H19F2N3O2S/c18-12-9-13(19)15-14(10-12)25-17(20-15)22-3-1-11(2-4-22)16(23)21-5-7-24-8-6-21/h9-11H,1-8H2. The Hall–Kier alpha value is -1.80. The quantitative estimate of drug-likeness (QED) is 0.819. The van der Waals surface area contributed by atoms with E-state index < -0.39 is 11.6 Å². The fraction of sp³-hybridized carbons (Fsp3) is 0.529. The minimum atomic E-state index is -0.630. The molecule has 0 unspecified atom stereocenters. The number of nitrogens with zero attached hydrogens (tertiary/aromatic N) is 3. The Morgan fingerprint density at radius 1 is 1.16 bits per heavy atom. The topological polar surface area (TPSA) is 45.7 Å². The van der Waals surface area contributed by atoms with Gasteiger partial charge in [-0.25, -0.2) is 13.8 Å². The molecule has 4 rings (SSSR count). The van der Waals surface area contributed by atoms with Gasteiger partial charge in [0.2, 0.25) is 5.91 Å². The molecular weight excluding hydrogens is 348 g/mol. The number of halogens is 2. The lowest BCUT2D eigenvalue weighted by Gasteiger charge is -2.35. The van der Waals surface area contributed by atoms with E-state index in [1.807, 2.05) is 4.90 Å². The Morgan fingerprint density at radius 2 is 1.88 bits per heavy atom. The van der Waals surface area contributed by atoms with Crippen LogP contribution in [-0.4, -0.2) is 55.2 Å². The second-order valence-electron chi connectivity index (χ2n) is 6.43. The highest BCUT2D eigenvalue weighted by Gasteiger charge is 2.30. The molecule has 2 fully saturated rings. The predicted octanol–water partition coefficient (Wildman–Crippen LogP) is 2.65. The number of ether oxygens (including phenoxy) is 1. The summed E-state index contributed by atoms with van der Waals surface area (Å²) < 4.78 is 33.0. The van der Waals surface area contributed by atoms with Gasteiger partial charge in [-0.2, -0.15) is 0 Å². The fourth-order valence-corrected chi connectivity index (χ4v) is 4.50. The number of thiazole rings is 1. The van der Waals surface area contributed by atoms with Crippen LogP contribution in [0.3, 0.4) is 0 Å². The Labute approximate surface area is 148 Å². The molecule has 0 atom stereocenters. The van der Waals surface area contributed by atoms with Gasteiger partial charge in [0, 0.05) is 38.2 Å². The van der Waals surface area contributed by atoms with Crippen molar-refractivity contribution in [2.75, 3.05) is 44.3 Å². The highest BCUT2D eigenvalue weighted by molar-refractivity contribution is 7.22. The van der Waals surface area contributed by atoms with Gasteiger partial charge in [-0.15, -0.1) is 0 Å². The Morgan fingerprint density at radius 3 is 2.60 bits per heavy atom. The maximum absolute atomic E-state index is 13.8. The van der Waals surface area contributed by atoms with Crippen LogP contribution < -0.4 is 4.90 Å². The van der Waals surface area contributed by atoms with E-state index in [1.54, 1.807) is 0 Å². The summed E-state index contributed by atoms with van der Waals surface area (Å²) in [6.07, 6.45) is 1.51. The van der Waals surface area contributed by atoms with Gasteiger partial charge in [0.05, 0.1) is 17.9 Å². The molecule has 1 aromatic heterocycles. The van der Waals surface area contributed by atoms with Crippen molar-refractivity contribution in [3.05, 3.63) is 23.8 Å².